The number of hydrogen-bond acceptors (Lipinski definition) is 4. The number of carbonyl (C=O) groups excluding carboxylic acids is 1. The quantitative estimate of drug-likeness (QED) is 0.658. The highest BCUT2D eigenvalue weighted by molar-refractivity contribution is 6.05. The summed E-state index contributed by atoms with van der Waals surface area (Å²) in [5.74, 6) is 0.927. The zero-order valence-corrected chi connectivity index (χ0v) is 17.3. The molecule has 1 unspecified atom stereocenters. The van der Waals surface area contributed by atoms with Gasteiger partial charge in [-0.05, 0) is 63.8 Å². The molecule has 2 aromatic rings. The summed E-state index contributed by atoms with van der Waals surface area (Å²) in [4.78, 5) is 17.5. The van der Waals surface area contributed by atoms with Gasteiger partial charge in [-0.3, -0.25) is 9.78 Å². The molecule has 0 fully saturated rings. The van der Waals surface area contributed by atoms with Gasteiger partial charge in [0, 0.05) is 18.2 Å². The van der Waals surface area contributed by atoms with Gasteiger partial charge in [-0.1, -0.05) is 20.8 Å². The largest absolute Gasteiger partial charge is 0.489 e. The van der Waals surface area contributed by atoms with E-state index >= 15 is 0 Å². The Bertz CT molecular complexity index is 773. The highest BCUT2D eigenvalue weighted by Crippen LogP contribution is 2.32. The van der Waals surface area contributed by atoms with Gasteiger partial charge >= 0.3 is 0 Å². The Morgan fingerprint density at radius 3 is 2.59 bits per heavy atom. The summed E-state index contributed by atoms with van der Waals surface area (Å²) >= 11 is 0. The Balaban J connectivity index is 2.35. The first-order valence-electron chi connectivity index (χ1n) is 9.76. The van der Waals surface area contributed by atoms with E-state index in [9.17, 15) is 4.79 Å². The number of carbonyl (C=O) groups is 1. The van der Waals surface area contributed by atoms with Crippen LogP contribution in [-0.2, 0) is 9.53 Å². The summed E-state index contributed by atoms with van der Waals surface area (Å²) in [6, 6.07) is 7.53. The van der Waals surface area contributed by atoms with Crippen LogP contribution in [0.3, 0.4) is 0 Å². The van der Waals surface area contributed by atoms with Crippen molar-refractivity contribution in [2.45, 2.75) is 66.1 Å². The molecule has 1 heterocycles. The number of nitrogens with zero attached hydrogens (tertiary/aromatic N) is 1. The van der Waals surface area contributed by atoms with Crippen LogP contribution in [0.5, 0.6) is 5.75 Å². The molecule has 1 aromatic carbocycles. The number of aromatic nitrogens is 1. The average molecular weight is 373 g/mol. The molecule has 148 valence electrons. The summed E-state index contributed by atoms with van der Waals surface area (Å²) in [5.41, 5.74) is 0.588. The van der Waals surface area contributed by atoms with E-state index in [1.54, 1.807) is 6.20 Å². The fourth-order valence-corrected chi connectivity index (χ4v) is 3.18. The van der Waals surface area contributed by atoms with Crippen molar-refractivity contribution >= 4 is 22.5 Å². The smallest absolute Gasteiger partial charge is 0.256 e. The number of hydrogen-bond donors (Lipinski definition) is 1. The van der Waals surface area contributed by atoms with Crippen molar-refractivity contribution in [2.75, 3.05) is 11.9 Å². The summed E-state index contributed by atoms with van der Waals surface area (Å²) in [6.45, 7) is 12.6. The molecule has 0 saturated heterocycles. The molecule has 5 nitrogen and oxygen atoms in total. The molecule has 0 aliphatic carbocycles. The topological polar surface area (TPSA) is 60.5 Å². The highest BCUT2D eigenvalue weighted by atomic mass is 16.5. The van der Waals surface area contributed by atoms with Gasteiger partial charge in [-0.2, -0.15) is 0 Å². The van der Waals surface area contributed by atoms with Crippen LogP contribution in [0.15, 0.2) is 30.5 Å². The summed E-state index contributed by atoms with van der Waals surface area (Å²) in [5, 5.41) is 3.91. The van der Waals surface area contributed by atoms with E-state index in [1.165, 1.54) is 0 Å². The second-order valence-electron chi connectivity index (χ2n) is 7.81. The van der Waals surface area contributed by atoms with Gasteiger partial charge in [-0.15, -0.1) is 0 Å². The number of amides is 1. The second-order valence-corrected chi connectivity index (χ2v) is 7.81. The fourth-order valence-electron chi connectivity index (χ4n) is 3.18. The molecule has 1 aromatic heterocycles. The SMILES string of the molecule is CCCOC(C)(CC(C)C)C(=O)Nc1ccc(OC(C)C)c2ncccc12. The maximum absolute atomic E-state index is 13.1. The minimum Gasteiger partial charge on any atom is -0.489 e. The molecule has 0 aliphatic rings. The molecule has 0 bridgehead atoms. The van der Waals surface area contributed by atoms with Crippen LogP contribution in [0.1, 0.15) is 54.4 Å². The number of nitrogens with one attached hydrogen (secondary N) is 1. The molecule has 0 saturated carbocycles. The Morgan fingerprint density at radius 1 is 1.22 bits per heavy atom. The maximum atomic E-state index is 13.1. The summed E-state index contributed by atoms with van der Waals surface area (Å²) in [6.07, 6.45) is 3.31. The number of benzene rings is 1. The van der Waals surface area contributed by atoms with Gasteiger partial charge in [-0.25, -0.2) is 0 Å². The zero-order valence-electron chi connectivity index (χ0n) is 17.3. The first-order valence-corrected chi connectivity index (χ1v) is 9.76. The van der Waals surface area contributed by atoms with Crippen molar-refractivity contribution in [2.24, 2.45) is 5.92 Å². The number of pyridine rings is 1. The predicted octanol–water partition coefficient (Wildman–Crippen LogP) is 5.19. The lowest BCUT2D eigenvalue weighted by Crippen LogP contribution is -2.44. The predicted molar refractivity (Wildman–Crippen MR) is 110 cm³/mol. The van der Waals surface area contributed by atoms with Crippen LogP contribution in [0.25, 0.3) is 10.9 Å². The third kappa shape index (κ3) is 5.42. The highest BCUT2D eigenvalue weighted by Gasteiger charge is 2.35. The fraction of sp³-hybridized carbons (Fsp3) is 0.545. The van der Waals surface area contributed by atoms with E-state index in [0.29, 0.717) is 30.4 Å². The van der Waals surface area contributed by atoms with Crippen molar-refractivity contribution in [3.63, 3.8) is 0 Å². The van der Waals surface area contributed by atoms with Gasteiger partial charge in [0.15, 0.2) is 0 Å². The molecule has 1 amide bonds. The Hall–Kier alpha value is -2.14. The van der Waals surface area contributed by atoms with E-state index in [1.807, 2.05) is 52.0 Å². The van der Waals surface area contributed by atoms with Gasteiger partial charge < -0.3 is 14.8 Å². The molecule has 5 heteroatoms. The van der Waals surface area contributed by atoms with Crippen molar-refractivity contribution in [3.8, 4) is 5.75 Å². The Morgan fingerprint density at radius 2 is 1.96 bits per heavy atom. The van der Waals surface area contributed by atoms with Crippen LogP contribution in [0.4, 0.5) is 5.69 Å². The van der Waals surface area contributed by atoms with Crippen molar-refractivity contribution in [1.29, 1.82) is 0 Å². The lowest BCUT2D eigenvalue weighted by molar-refractivity contribution is -0.141. The van der Waals surface area contributed by atoms with Gasteiger partial charge in [0.05, 0.1) is 11.8 Å². The van der Waals surface area contributed by atoms with Crippen molar-refractivity contribution in [1.82, 2.24) is 4.98 Å². The zero-order chi connectivity index (χ0) is 20.0. The van der Waals surface area contributed by atoms with Crippen LogP contribution < -0.4 is 10.1 Å². The monoisotopic (exact) mass is 372 g/mol. The molecule has 1 N–H and O–H groups in total. The van der Waals surface area contributed by atoms with E-state index in [4.69, 9.17) is 9.47 Å². The summed E-state index contributed by atoms with van der Waals surface area (Å²) in [7, 11) is 0. The first-order chi connectivity index (χ1) is 12.8. The standard InChI is InChI=1S/C22H32N2O3/c1-7-13-26-22(6,14-15(2)3)21(25)24-18-10-11-19(27-16(4)5)20-17(18)9-8-12-23-20/h8-12,15-16H,7,13-14H2,1-6H3,(H,24,25). The molecular weight excluding hydrogens is 340 g/mol. The molecule has 2 rings (SSSR count). The Kier molecular flexibility index (Phi) is 7.19. The molecule has 0 spiro atoms. The first kappa shape index (κ1) is 21.2. The molecular formula is C22H32N2O3. The molecule has 0 aliphatic heterocycles. The number of ether oxygens (including phenoxy) is 2. The third-order valence-electron chi connectivity index (χ3n) is 4.25. The third-order valence-corrected chi connectivity index (χ3v) is 4.25. The van der Waals surface area contributed by atoms with E-state index in [2.05, 4.69) is 24.1 Å². The van der Waals surface area contributed by atoms with E-state index in [-0.39, 0.29) is 12.0 Å². The Labute approximate surface area is 162 Å². The number of fused-ring (bicyclic) bond motifs is 1. The van der Waals surface area contributed by atoms with Gasteiger partial charge in [0.25, 0.3) is 5.91 Å². The van der Waals surface area contributed by atoms with Crippen LogP contribution in [0, 0.1) is 5.92 Å². The minimum atomic E-state index is -0.869. The second kappa shape index (κ2) is 9.18. The van der Waals surface area contributed by atoms with E-state index < -0.39 is 5.60 Å². The van der Waals surface area contributed by atoms with Crippen molar-refractivity contribution in [3.05, 3.63) is 30.5 Å². The minimum absolute atomic E-state index is 0.0485. The van der Waals surface area contributed by atoms with Crippen LogP contribution in [-0.4, -0.2) is 29.2 Å². The molecule has 0 radical (unpaired) electrons. The van der Waals surface area contributed by atoms with E-state index in [0.717, 1.165) is 17.3 Å². The molecule has 1 atom stereocenters. The number of rotatable bonds is 9. The van der Waals surface area contributed by atoms with Gasteiger partial charge in [0.1, 0.15) is 16.9 Å². The maximum Gasteiger partial charge on any atom is 0.256 e. The molecule has 27 heavy (non-hydrogen) atoms. The van der Waals surface area contributed by atoms with Crippen molar-refractivity contribution < 1.29 is 14.3 Å². The lowest BCUT2D eigenvalue weighted by Gasteiger charge is -2.30. The van der Waals surface area contributed by atoms with Crippen LogP contribution in [0.2, 0.25) is 0 Å². The van der Waals surface area contributed by atoms with Crippen LogP contribution >= 0.6 is 0 Å². The normalized spacial score (nSPS) is 13.8. The number of anilines is 1. The lowest BCUT2D eigenvalue weighted by atomic mass is 9.92. The van der Waals surface area contributed by atoms with Gasteiger partial charge in [0.2, 0.25) is 0 Å². The summed E-state index contributed by atoms with van der Waals surface area (Å²) < 4.78 is 11.8. The average Bonchev–Trinajstić information content (AvgIpc) is 2.61.